The Balaban J connectivity index is 1.56. The molecule has 3 rings (SSSR count). The number of hydrogen-bond acceptors (Lipinski definition) is 5. The Morgan fingerprint density at radius 2 is 1.76 bits per heavy atom. The summed E-state index contributed by atoms with van der Waals surface area (Å²) >= 11 is 0. The largest absolute Gasteiger partial charge is 0.493 e. The molecule has 0 spiro atoms. The Morgan fingerprint density at radius 1 is 1.00 bits per heavy atom. The molecule has 0 aliphatic carbocycles. The minimum atomic E-state index is -0.145. The Labute approximate surface area is 171 Å². The van der Waals surface area contributed by atoms with Gasteiger partial charge in [-0.15, -0.1) is 0 Å². The number of methoxy groups -OCH3 is 2. The van der Waals surface area contributed by atoms with Crippen molar-refractivity contribution in [1.82, 2.24) is 4.98 Å². The van der Waals surface area contributed by atoms with Crippen LogP contribution in [0.25, 0.3) is 0 Å². The summed E-state index contributed by atoms with van der Waals surface area (Å²) in [6.07, 6.45) is 2.50. The Morgan fingerprint density at radius 3 is 2.41 bits per heavy atom. The summed E-state index contributed by atoms with van der Waals surface area (Å²) in [6, 6.07) is 19.0. The number of carbonyl (C=O) groups is 1. The first-order chi connectivity index (χ1) is 14.1. The molecule has 150 valence electrons. The maximum absolute atomic E-state index is 12.6. The molecule has 0 radical (unpaired) electrons. The molecule has 1 aromatic heterocycles. The van der Waals surface area contributed by atoms with Gasteiger partial charge in [0.15, 0.2) is 11.5 Å². The molecule has 6 heteroatoms. The quantitative estimate of drug-likeness (QED) is 0.628. The van der Waals surface area contributed by atoms with Gasteiger partial charge in [-0.3, -0.25) is 4.79 Å². The van der Waals surface area contributed by atoms with E-state index in [1.54, 1.807) is 38.4 Å². The molecule has 3 aromatic rings. The number of pyridine rings is 1. The smallest absolute Gasteiger partial charge is 0.276 e. The molecular formula is C23H25N3O3. The number of nitrogens with one attached hydrogen (secondary N) is 1. The highest BCUT2D eigenvalue weighted by Gasteiger charge is 2.14. The highest BCUT2D eigenvalue weighted by Crippen LogP contribution is 2.27. The maximum atomic E-state index is 12.6. The third kappa shape index (κ3) is 5.04. The Bertz CT molecular complexity index is 943. The molecule has 0 aliphatic rings. The lowest BCUT2D eigenvalue weighted by Gasteiger charge is -2.17. The maximum Gasteiger partial charge on any atom is 0.276 e. The zero-order valence-electron chi connectivity index (χ0n) is 16.9. The summed E-state index contributed by atoms with van der Waals surface area (Å²) in [4.78, 5) is 18.5. The number of para-hydroxylation sites is 1. The number of anilines is 2. The van der Waals surface area contributed by atoms with Crippen molar-refractivity contribution in [1.29, 1.82) is 0 Å². The molecule has 0 fully saturated rings. The summed E-state index contributed by atoms with van der Waals surface area (Å²) in [5.74, 6) is 1.29. The van der Waals surface area contributed by atoms with Crippen LogP contribution in [0, 0.1) is 0 Å². The summed E-state index contributed by atoms with van der Waals surface area (Å²) in [7, 11) is 5.00. The van der Waals surface area contributed by atoms with E-state index in [-0.39, 0.29) is 5.91 Å². The van der Waals surface area contributed by atoms with Crippen LogP contribution in [0.4, 0.5) is 11.4 Å². The van der Waals surface area contributed by atoms with Gasteiger partial charge in [-0.05, 0) is 48.4 Å². The number of benzene rings is 2. The van der Waals surface area contributed by atoms with Crippen LogP contribution < -0.4 is 19.7 Å². The van der Waals surface area contributed by atoms with Crippen LogP contribution in [0.3, 0.4) is 0 Å². The predicted molar refractivity (Wildman–Crippen MR) is 115 cm³/mol. The van der Waals surface area contributed by atoms with Gasteiger partial charge < -0.3 is 19.7 Å². The molecular weight excluding hydrogens is 366 g/mol. The van der Waals surface area contributed by atoms with Crippen molar-refractivity contribution in [2.24, 2.45) is 0 Å². The van der Waals surface area contributed by atoms with Crippen LogP contribution in [0.5, 0.6) is 11.5 Å². The lowest BCUT2D eigenvalue weighted by Crippen LogP contribution is -2.26. The van der Waals surface area contributed by atoms with Crippen LogP contribution in [-0.2, 0) is 6.42 Å². The van der Waals surface area contributed by atoms with Crippen LogP contribution >= 0.6 is 0 Å². The van der Waals surface area contributed by atoms with Gasteiger partial charge in [0.1, 0.15) is 5.69 Å². The predicted octanol–water partition coefficient (Wildman–Crippen LogP) is 4.03. The van der Waals surface area contributed by atoms with Crippen molar-refractivity contribution >= 4 is 17.3 Å². The van der Waals surface area contributed by atoms with Gasteiger partial charge in [-0.1, -0.05) is 24.3 Å². The summed E-state index contributed by atoms with van der Waals surface area (Å²) in [5.41, 5.74) is 3.24. The number of ether oxygens (including phenoxy) is 2. The molecule has 2 aromatic carbocycles. The van der Waals surface area contributed by atoms with E-state index in [0.29, 0.717) is 11.4 Å². The second kappa shape index (κ2) is 9.59. The van der Waals surface area contributed by atoms with Crippen molar-refractivity contribution in [2.75, 3.05) is 38.0 Å². The van der Waals surface area contributed by atoms with Gasteiger partial charge in [0.2, 0.25) is 0 Å². The minimum absolute atomic E-state index is 0.145. The average molecular weight is 391 g/mol. The molecule has 0 unspecified atom stereocenters. The van der Waals surface area contributed by atoms with Gasteiger partial charge in [-0.25, -0.2) is 4.98 Å². The van der Waals surface area contributed by atoms with E-state index in [0.717, 1.165) is 35.7 Å². The van der Waals surface area contributed by atoms with Gasteiger partial charge in [0.05, 0.1) is 26.1 Å². The molecule has 6 nitrogen and oxygen atoms in total. The van der Waals surface area contributed by atoms with Crippen molar-refractivity contribution in [3.63, 3.8) is 0 Å². The second-order valence-electron chi connectivity index (χ2n) is 6.50. The number of nitrogens with zero attached hydrogens (tertiary/aromatic N) is 2. The van der Waals surface area contributed by atoms with Crippen molar-refractivity contribution in [3.8, 4) is 11.5 Å². The topological polar surface area (TPSA) is 63.7 Å². The fourth-order valence-corrected chi connectivity index (χ4v) is 2.95. The van der Waals surface area contributed by atoms with E-state index in [1.807, 2.05) is 54.6 Å². The third-order valence-electron chi connectivity index (χ3n) is 4.62. The number of aromatic nitrogens is 1. The molecule has 0 saturated heterocycles. The first-order valence-corrected chi connectivity index (χ1v) is 9.36. The fraction of sp³-hybridized carbons (Fsp3) is 0.217. The summed E-state index contributed by atoms with van der Waals surface area (Å²) in [5, 5.41) is 3.33. The van der Waals surface area contributed by atoms with Crippen LogP contribution in [-0.4, -0.2) is 38.7 Å². The number of amides is 1. The van der Waals surface area contributed by atoms with Crippen molar-refractivity contribution in [2.45, 2.75) is 6.42 Å². The average Bonchev–Trinajstić information content (AvgIpc) is 2.79. The van der Waals surface area contributed by atoms with E-state index in [4.69, 9.17) is 9.47 Å². The van der Waals surface area contributed by atoms with Crippen LogP contribution in [0.2, 0.25) is 0 Å². The lowest BCUT2D eigenvalue weighted by atomic mass is 10.1. The highest BCUT2D eigenvalue weighted by molar-refractivity contribution is 6.04. The first kappa shape index (κ1) is 20.2. The summed E-state index contributed by atoms with van der Waals surface area (Å²) < 4.78 is 10.6. The van der Waals surface area contributed by atoms with Crippen molar-refractivity contribution < 1.29 is 14.3 Å². The molecule has 29 heavy (non-hydrogen) atoms. The van der Waals surface area contributed by atoms with Crippen LogP contribution in [0.15, 0.2) is 66.9 Å². The lowest BCUT2D eigenvalue weighted by molar-refractivity contribution is 0.0988. The van der Waals surface area contributed by atoms with Crippen molar-refractivity contribution in [3.05, 3.63) is 78.1 Å². The van der Waals surface area contributed by atoms with Gasteiger partial charge in [-0.2, -0.15) is 0 Å². The second-order valence-corrected chi connectivity index (χ2v) is 6.50. The van der Waals surface area contributed by atoms with Gasteiger partial charge in [0, 0.05) is 19.3 Å². The highest BCUT2D eigenvalue weighted by atomic mass is 16.5. The molecule has 1 heterocycles. The number of hydrogen-bond donors (Lipinski definition) is 1. The molecule has 1 N–H and O–H groups in total. The molecule has 0 atom stereocenters. The zero-order chi connectivity index (χ0) is 20.6. The first-order valence-electron chi connectivity index (χ1n) is 9.36. The zero-order valence-corrected chi connectivity index (χ0v) is 16.9. The third-order valence-corrected chi connectivity index (χ3v) is 4.62. The standard InChI is InChI=1S/C23H25N3O3/c1-26(19-7-5-4-6-8-19)23(27)20-11-10-18(16-25-20)24-14-13-17-9-12-21(28-2)22(15-17)29-3/h4-12,15-16,24H,13-14H2,1-3H3. The summed E-state index contributed by atoms with van der Waals surface area (Å²) in [6.45, 7) is 0.731. The monoisotopic (exact) mass is 391 g/mol. The molecule has 0 aliphatic heterocycles. The number of carbonyl (C=O) groups excluding carboxylic acids is 1. The SMILES string of the molecule is COc1ccc(CCNc2ccc(C(=O)N(C)c3ccccc3)nc2)cc1OC. The Hall–Kier alpha value is -3.54. The molecule has 0 bridgehead atoms. The van der Waals surface area contributed by atoms with E-state index in [1.165, 1.54) is 0 Å². The van der Waals surface area contributed by atoms with E-state index >= 15 is 0 Å². The Kier molecular flexibility index (Phi) is 6.68. The molecule has 1 amide bonds. The van der Waals surface area contributed by atoms with E-state index in [2.05, 4.69) is 10.3 Å². The van der Waals surface area contributed by atoms with E-state index < -0.39 is 0 Å². The fourth-order valence-electron chi connectivity index (χ4n) is 2.95. The van der Waals surface area contributed by atoms with Crippen LogP contribution in [0.1, 0.15) is 16.1 Å². The minimum Gasteiger partial charge on any atom is -0.493 e. The normalized spacial score (nSPS) is 10.3. The van der Waals surface area contributed by atoms with Gasteiger partial charge >= 0.3 is 0 Å². The van der Waals surface area contributed by atoms with Gasteiger partial charge in [0.25, 0.3) is 5.91 Å². The van der Waals surface area contributed by atoms with E-state index in [9.17, 15) is 4.79 Å². The molecule has 0 saturated carbocycles. The number of rotatable bonds is 8.